The summed E-state index contributed by atoms with van der Waals surface area (Å²) in [5.41, 5.74) is 2.57. The number of nitrogens with zero attached hydrogens (tertiary/aromatic N) is 2. The zero-order valence-corrected chi connectivity index (χ0v) is 16.3. The first-order valence-electron chi connectivity index (χ1n) is 8.78. The number of anilines is 1. The van der Waals surface area contributed by atoms with Crippen molar-refractivity contribution < 1.29 is 19.2 Å². The molecule has 4 aromatic rings. The number of oxazole rings is 1. The van der Waals surface area contributed by atoms with E-state index in [0.29, 0.717) is 22.4 Å². The summed E-state index contributed by atoms with van der Waals surface area (Å²) in [6.45, 7) is 1.93. The third kappa shape index (κ3) is 3.68. The average molecular weight is 424 g/mol. The van der Waals surface area contributed by atoms with Crippen molar-refractivity contribution in [1.29, 1.82) is 0 Å². The van der Waals surface area contributed by atoms with E-state index in [0.717, 1.165) is 11.6 Å². The van der Waals surface area contributed by atoms with Crippen LogP contribution in [0.25, 0.3) is 22.6 Å². The van der Waals surface area contributed by atoms with E-state index in [4.69, 9.17) is 16.0 Å². The molecule has 4 rings (SSSR count). The molecule has 0 aliphatic rings. The molecular formula is C21H14ClN3O5. The molecule has 0 spiro atoms. The molecule has 0 saturated carbocycles. The molecule has 0 radical (unpaired) electrons. The van der Waals surface area contributed by atoms with Crippen LogP contribution in [0.1, 0.15) is 15.9 Å². The monoisotopic (exact) mass is 423 g/mol. The molecule has 2 N–H and O–H groups in total. The Balaban J connectivity index is 1.65. The highest BCUT2D eigenvalue weighted by molar-refractivity contribution is 6.32. The van der Waals surface area contributed by atoms with Crippen molar-refractivity contribution in [3.63, 3.8) is 0 Å². The van der Waals surface area contributed by atoms with Gasteiger partial charge in [-0.15, -0.1) is 0 Å². The number of aromatic nitrogens is 1. The Labute approximate surface area is 174 Å². The maximum atomic E-state index is 12.5. The molecule has 8 nitrogen and oxygen atoms in total. The first kappa shape index (κ1) is 19.4. The van der Waals surface area contributed by atoms with E-state index in [1.165, 1.54) is 30.3 Å². The molecular weight excluding hydrogens is 410 g/mol. The van der Waals surface area contributed by atoms with E-state index in [-0.39, 0.29) is 27.9 Å². The highest BCUT2D eigenvalue weighted by atomic mass is 35.5. The summed E-state index contributed by atoms with van der Waals surface area (Å²) in [4.78, 5) is 27.3. The van der Waals surface area contributed by atoms with Crippen LogP contribution in [-0.4, -0.2) is 20.9 Å². The summed E-state index contributed by atoms with van der Waals surface area (Å²) in [5, 5.41) is 23.9. The second kappa shape index (κ2) is 7.49. The number of halogens is 1. The lowest BCUT2D eigenvalue weighted by Gasteiger charge is -2.08. The van der Waals surface area contributed by atoms with Gasteiger partial charge in [-0.05, 0) is 55.0 Å². The highest BCUT2D eigenvalue weighted by Crippen LogP contribution is 2.34. The summed E-state index contributed by atoms with van der Waals surface area (Å²) in [7, 11) is 0. The van der Waals surface area contributed by atoms with Gasteiger partial charge in [-0.2, -0.15) is 0 Å². The van der Waals surface area contributed by atoms with Crippen molar-refractivity contribution >= 4 is 40.0 Å². The molecule has 9 heteroatoms. The van der Waals surface area contributed by atoms with Gasteiger partial charge in [-0.25, -0.2) is 4.98 Å². The number of carbonyl (C=O) groups excluding carboxylic acids is 1. The molecule has 3 aromatic carbocycles. The predicted molar refractivity (Wildman–Crippen MR) is 112 cm³/mol. The second-order valence-electron chi connectivity index (χ2n) is 6.60. The number of nitro groups is 1. The molecule has 0 bridgehead atoms. The summed E-state index contributed by atoms with van der Waals surface area (Å²) < 4.78 is 5.74. The quantitative estimate of drug-likeness (QED) is 0.260. The van der Waals surface area contributed by atoms with E-state index in [1.54, 1.807) is 0 Å². The number of phenols is 1. The number of aromatic hydroxyl groups is 1. The molecule has 1 heterocycles. The van der Waals surface area contributed by atoms with Crippen LogP contribution in [0, 0.1) is 17.0 Å². The Hall–Kier alpha value is -3.91. The molecule has 1 amide bonds. The van der Waals surface area contributed by atoms with Gasteiger partial charge in [0.05, 0.1) is 10.5 Å². The average Bonchev–Trinajstić information content (AvgIpc) is 3.12. The molecule has 0 aliphatic carbocycles. The van der Waals surface area contributed by atoms with Gasteiger partial charge in [0, 0.05) is 17.3 Å². The normalized spacial score (nSPS) is 10.9. The van der Waals surface area contributed by atoms with Crippen LogP contribution in [0.2, 0.25) is 5.02 Å². The third-order valence-electron chi connectivity index (χ3n) is 4.43. The fourth-order valence-electron chi connectivity index (χ4n) is 2.93. The van der Waals surface area contributed by atoms with Crippen LogP contribution in [0.4, 0.5) is 11.4 Å². The standard InChI is InChI=1S/C21H14ClN3O5/c1-11-2-6-16-19(8-11)30-21(24-16)14-10-13(4-7-18(14)26)23-20(27)12-3-5-15(22)17(9-12)25(28)29/h2-10,26H,1H3,(H,23,27). The van der Waals surface area contributed by atoms with Crippen LogP contribution in [0.15, 0.2) is 59.0 Å². The number of aryl methyl sites for hydroxylation is 1. The van der Waals surface area contributed by atoms with Crippen LogP contribution in [0.3, 0.4) is 0 Å². The van der Waals surface area contributed by atoms with Crippen LogP contribution in [-0.2, 0) is 0 Å². The number of phenolic OH excluding ortho intramolecular Hbond substituents is 1. The maximum Gasteiger partial charge on any atom is 0.288 e. The van der Waals surface area contributed by atoms with Crippen molar-refractivity contribution in [2.24, 2.45) is 0 Å². The van der Waals surface area contributed by atoms with Crippen molar-refractivity contribution in [3.05, 3.63) is 80.9 Å². The van der Waals surface area contributed by atoms with E-state index >= 15 is 0 Å². The van der Waals surface area contributed by atoms with E-state index in [1.807, 2.05) is 25.1 Å². The Morgan fingerprint density at radius 3 is 2.73 bits per heavy atom. The van der Waals surface area contributed by atoms with Crippen LogP contribution in [0.5, 0.6) is 5.75 Å². The van der Waals surface area contributed by atoms with E-state index < -0.39 is 10.8 Å². The molecule has 0 fully saturated rings. The van der Waals surface area contributed by atoms with Gasteiger partial charge in [0.1, 0.15) is 16.3 Å². The minimum Gasteiger partial charge on any atom is -0.507 e. The topological polar surface area (TPSA) is 118 Å². The molecule has 30 heavy (non-hydrogen) atoms. The second-order valence-corrected chi connectivity index (χ2v) is 7.01. The number of rotatable bonds is 4. The number of carbonyl (C=O) groups is 1. The van der Waals surface area contributed by atoms with E-state index in [9.17, 15) is 20.0 Å². The Kier molecular flexibility index (Phi) is 4.85. The van der Waals surface area contributed by atoms with Crippen LogP contribution < -0.4 is 5.32 Å². The molecule has 150 valence electrons. The Morgan fingerprint density at radius 1 is 1.17 bits per heavy atom. The number of nitrogens with one attached hydrogen (secondary N) is 1. The van der Waals surface area contributed by atoms with Gasteiger partial charge in [-0.1, -0.05) is 17.7 Å². The predicted octanol–water partition coefficient (Wildman–Crippen LogP) is 5.32. The fraction of sp³-hybridized carbons (Fsp3) is 0.0476. The number of hydrogen-bond donors (Lipinski definition) is 2. The van der Waals surface area contributed by atoms with Crippen molar-refractivity contribution in [3.8, 4) is 17.2 Å². The summed E-state index contributed by atoms with van der Waals surface area (Å²) >= 11 is 5.79. The number of hydrogen-bond acceptors (Lipinski definition) is 6. The van der Waals surface area contributed by atoms with Crippen molar-refractivity contribution in [2.75, 3.05) is 5.32 Å². The van der Waals surface area contributed by atoms with Gasteiger partial charge in [-0.3, -0.25) is 14.9 Å². The fourth-order valence-corrected chi connectivity index (χ4v) is 3.12. The molecule has 0 saturated heterocycles. The van der Waals surface area contributed by atoms with Gasteiger partial charge in [0.25, 0.3) is 11.6 Å². The lowest BCUT2D eigenvalue weighted by molar-refractivity contribution is -0.384. The number of fused-ring (bicyclic) bond motifs is 1. The van der Waals surface area contributed by atoms with Crippen molar-refractivity contribution in [2.45, 2.75) is 6.92 Å². The molecule has 0 aliphatic heterocycles. The molecule has 1 aromatic heterocycles. The van der Waals surface area contributed by atoms with Crippen LogP contribution >= 0.6 is 11.6 Å². The molecule has 0 atom stereocenters. The van der Waals surface area contributed by atoms with E-state index in [2.05, 4.69) is 10.3 Å². The lowest BCUT2D eigenvalue weighted by atomic mass is 10.1. The Morgan fingerprint density at radius 2 is 1.97 bits per heavy atom. The first-order chi connectivity index (χ1) is 14.3. The minimum absolute atomic E-state index is 0.0605. The Bertz CT molecular complexity index is 1320. The third-order valence-corrected chi connectivity index (χ3v) is 4.75. The van der Waals surface area contributed by atoms with Gasteiger partial charge >= 0.3 is 0 Å². The zero-order chi connectivity index (χ0) is 21.4. The van der Waals surface area contributed by atoms with Gasteiger partial charge in [0.2, 0.25) is 5.89 Å². The molecule has 0 unspecified atom stereocenters. The number of benzene rings is 3. The zero-order valence-electron chi connectivity index (χ0n) is 15.5. The first-order valence-corrected chi connectivity index (χ1v) is 9.15. The van der Waals surface area contributed by atoms with Gasteiger partial charge in [0.15, 0.2) is 5.58 Å². The van der Waals surface area contributed by atoms with Gasteiger partial charge < -0.3 is 14.8 Å². The summed E-state index contributed by atoms with van der Waals surface area (Å²) in [6.07, 6.45) is 0. The SMILES string of the molecule is Cc1ccc2nc(-c3cc(NC(=O)c4ccc(Cl)c([N+](=O)[O-])c4)ccc3O)oc2c1. The maximum absolute atomic E-state index is 12.5. The number of amides is 1. The number of nitro benzene ring substituents is 1. The minimum atomic E-state index is -0.660. The largest absolute Gasteiger partial charge is 0.507 e. The lowest BCUT2D eigenvalue weighted by Crippen LogP contribution is -2.12. The smallest absolute Gasteiger partial charge is 0.288 e. The highest BCUT2D eigenvalue weighted by Gasteiger charge is 2.18. The summed E-state index contributed by atoms with van der Waals surface area (Å²) in [5.74, 6) is -0.440. The summed E-state index contributed by atoms with van der Waals surface area (Å²) in [6, 6.07) is 13.7. The van der Waals surface area contributed by atoms with Crippen molar-refractivity contribution in [1.82, 2.24) is 4.98 Å².